The average Bonchev–Trinajstić information content (AvgIpc) is 2.39. The number of pyridine rings is 1. The van der Waals surface area contributed by atoms with Gasteiger partial charge in [-0.05, 0) is 30.3 Å². The number of carbonyl (C=O) groups excluding carboxylic acids is 1. The van der Waals surface area contributed by atoms with Gasteiger partial charge in [0, 0.05) is 5.56 Å². The molecule has 0 bridgehead atoms. The van der Waals surface area contributed by atoms with E-state index in [1.165, 1.54) is 6.07 Å². The molecule has 1 aromatic heterocycles. The first kappa shape index (κ1) is 11.3. The van der Waals surface area contributed by atoms with E-state index >= 15 is 0 Å². The Kier molecular flexibility index (Phi) is 3.14. The molecule has 0 N–H and O–H groups in total. The number of benzene rings is 1. The van der Waals surface area contributed by atoms with E-state index in [-0.39, 0.29) is 5.56 Å². The fraction of sp³-hybridized carbons (Fsp3) is 0.0769. The van der Waals surface area contributed by atoms with Gasteiger partial charge in [-0.15, -0.1) is 0 Å². The number of hydrogen-bond donors (Lipinski definition) is 0. The Morgan fingerprint density at radius 2 is 2.00 bits per heavy atom. The molecule has 0 unspecified atom stereocenters. The van der Waals surface area contributed by atoms with Crippen molar-refractivity contribution >= 4 is 6.29 Å². The highest BCUT2D eigenvalue weighted by molar-refractivity contribution is 5.78. The van der Waals surface area contributed by atoms with Gasteiger partial charge in [-0.1, -0.05) is 0 Å². The van der Waals surface area contributed by atoms with Crippen molar-refractivity contribution in [2.45, 2.75) is 0 Å². The molecule has 0 saturated carbocycles. The number of methoxy groups -OCH3 is 1. The summed E-state index contributed by atoms with van der Waals surface area (Å²) in [5, 5.41) is 0. The van der Waals surface area contributed by atoms with Crippen LogP contribution in [0.25, 0.3) is 11.3 Å². The summed E-state index contributed by atoms with van der Waals surface area (Å²) in [6.45, 7) is 0. The minimum atomic E-state index is -0.614. The minimum Gasteiger partial charge on any atom is -0.497 e. The zero-order valence-corrected chi connectivity index (χ0v) is 9.18. The number of rotatable bonds is 3. The van der Waals surface area contributed by atoms with Crippen molar-refractivity contribution in [1.82, 2.24) is 4.98 Å². The second-order valence-electron chi connectivity index (χ2n) is 3.44. The summed E-state index contributed by atoms with van der Waals surface area (Å²) >= 11 is 0. The molecular formula is C13H10FNO2. The average molecular weight is 231 g/mol. The van der Waals surface area contributed by atoms with Crippen LogP contribution >= 0.6 is 0 Å². The van der Waals surface area contributed by atoms with Crippen LogP contribution in [-0.2, 0) is 0 Å². The number of nitrogens with zero attached hydrogens (tertiary/aromatic N) is 1. The van der Waals surface area contributed by atoms with Crippen molar-refractivity contribution in [1.29, 1.82) is 0 Å². The van der Waals surface area contributed by atoms with Gasteiger partial charge in [0.05, 0.1) is 24.6 Å². The first-order chi connectivity index (χ1) is 8.24. The van der Waals surface area contributed by atoms with E-state index in [4.69, 9.17) is 4.74 Å². The van der Waals surface area contributed by atoms with Crippen LogP contribution in [0.15, 0.2) is 36.5 Å². The quantitative estimate of drug-likeness (QED) is 0.762. The van der Waals surface area contributed by atoms with E-state index in [9.17, 15) is 9.18 Å². The van der Waals surface area contributed by atoms with Gasteiger partial charge in [-0.25, -0.2) is 4.39 Å². The Morgan fingerprint density at radius 1 is 1.29 bits per heavy atom. The molecule has 2 aromatic rings. The number of aromatic nitrogens is 1. The van der Waals surface area contributed by atoms with Crippen LogP contribution in [-0.4, -0.2) is 18.4 Å². The molecule has 0 aliphatic carbocycles. The molecule has 0 fully saturated rings. The number of halogens is 1. The van der Waals surface area contributed by atoms with Crippen molar-refractivity contribution in [2.24, 2.45) is 0 Å². The van der Waals surface area contributed by atoms with Crippen molar-refractivity contribution in [2.75, 3.05) is 7.11 Å². The number of hydrogen-bond acceptors (Lipinski definition) is 3. The Hall–Kier alpha value is -2.23. The summed E-state index contributed by atoms with van der Waals surface area (Å²) < 4.78 is 18.1. The number of carbonyl (C=O) groups is 1. The molecule has 0 spiro atoms. The molecule has 0 saturated heterocycles. The van der Waals surface area contributed by atoms with Crippen LogP contribution in [0.5, 0.6) is 5.75 Å². The summed E-state index contributed by atoms with van der Waals surface area (Å²) in [5.41, 5.74) is 1.36. The third-order valence-electron chi connectivity index (χ3n) is 2.40. The van der Waals surface area contributed by atoms with Crippen LogP contribution in [0.4, 0.5) is 4.39 Å². The largest absolute Gasteiger partial charge is 0.497 e. The Balaban J connectivity index is 2.41. The molecule has 0 aliphatic rings. The van der Waals surface area contributed by atoms with Crippen LogP contribution in [0.3, 0.4) is 0 Å². The van der Waals surface area contributed by atoms with E-state index in [2.05, 4.69) is 4.98 Å². The van der Waals surface area contributed by atoms with Gasteiger partial charge in [-0.2, -0.15) is 0 Å². The van der Waals surface area contributed by atoms with Crippen molar-refractivity contribution < 1.29 is 13.9 Å². The number of aldehydes is 1. The summed E-state index contributed by atoms with van der Waals surface area (Å²) in [7, 11) is 1.58. The maximum atomic E-state index is 13.1. The molecule has 3 nitrogen and oxygen atoms in total. The van der Waals surface area contributed by atoms with Gasteiger partial charge in [0.15, 0.2) is 12.1 Å². The lowest BCUT2D eigenvalue weighted by Gasteiger charge is -2.04. The molecule has 0 aliphatic heterocycles. The van der Waals surface area contributed by atoms with Crippen molar-refractivity contribution in [3.63, 3.8) is 0 Å². The zero-order valence-electron chi connectivity index (χ0n) is 9.18. The Morgan fingerprint density at radius 3 is 2.59 bits per heavy atom. The van der Waals surface area contributed by atoms with Gasteiger partial charge in [0.1, 0.15) is 5.75 Å². The van der Waals surface area contributed by atoms with Gasteiger partial charge >= 0.3 is 0 Å². The van der Waals surface area contributed by atoms with Crippen LogP contribution in [0, 0.1) is 5.82 Å². The lowest BCUT2D eigenvalue weighted by Crippen LogP contribution is -1.92. The summed E-state index contributed by atoms with van der Waals surface area (Å²) in [6, 6.07) is 8.58. The molecule has 0 atom stereocenters. The van der Waals surface area contributed by atoms with E-state index in [1.807, 2.05) is 0 Å². The minimum absolute atomic E-state index is 0.00539. The van der Waals surface area contributed by atoms with Crippen molar-refractivity contribution in [3.8, 4) is 17.0 Å². The maximum Gasteiger partial charge on any atom is 0.153 e. The summed E-state index contributed by atoms with van der Waals surface area (Å²) in [6.07, 6.45) is 1.52. The predicted molar refractivity (Wildman–Crippen MR) is 61.6 cm³/mol. The Bertz CT molecular complexity index is 538. The van der Waals surface area contributed by atoms with Gasteiger partial charge in [-0.3, -0.25) is 9.78 Å². The van der Waals surface area contributed by atoms with Gasteiger partial charge in [0.2, 0.25) is 0 Å². The molecule has 1 aromatic carbocycles. The maximum absolute atomic E-state index is 13.1. The van der Waals surface area contributed by atoms with E-state index in [0.29, 0.717) is 12.0 Å². The Labute approximate surface area is 97.9 Å². The normalized spacial score (nSPS) is 10.0. The molecule has 0 amide bonds. The first-order valence-corrected chi connectivity index (χ1v) is 4.99. The monoisotopic (exact) mass is 231 g/mol. The standard InChI is InChI=1S/C13H10FNO2/c1-17-11-4-2-9(3-5-11)13-6-10(8-16)12(14)7-15-13/h2-8H,1H3. The highest BCUT2D eigenvalue weighted by atomic mass is 19.1. The number of ether oxygens (including phenoxy) is 1. The second-order valence-corrected chi connectivity index (χ2v) is 3.44. The van der Waals surface area contributed by atoms with Crippen molar-refractivity contribution in [3.05, 3.63) is 47.9 Å². The molecule has 86 valence electrons. The second kappa shape index (κ2) is 4.74. The lowest BCUT2D eigenvalue weighted by atomic mass is 10.1. The molecule has 1 heterocycles. The van der Waals surface area contributed by atoms with E-state index in [0.717, 1.165) is 17.5 Å². The van der Waals surface area contributed by atoms with Crippen LogP contribution < -0.4 is 4.74 Å². The van der Waals surface area contributed by atoms with Gasteiger partial charge < -0.3 is 4.74 Å². The third-order valence-corrected chi connectivity index (χ3v) is 2.40. The fourth-order valence-electron chi connectivity index (χ4n) is 1.46. The first-order valence-electron chi connectivity index (χ1n) is 4.99. The molecular weight excluding hydrogens is 221 g/mol. The third kappa shape index (κ3) is 2.30. The highest BCUT2D eigenvalue weighted by Gasteiger charge is 2.05. The topological polar surface area (TPSA) is 39.2 Å². The highest BCUT2D eigenvalue weighted by Crippen LogP contribution is 2.21. The molecule has 2 rings (SSSR count). The molecule has 4 heteroatoms. The predicted octanol–water partition coefficient (Wildman–Crippen LogP) is 2.71. The lowest BCUT2D eigenvalue weighted by molar-refractivity contribution is 0.111. The molecule has 17 heavy (non-hydrogen) atoms. The van der Waals surface area contributed by atoms with Gasteiger partial charge in [0.25, 0.3) is 0 Å². The van der Waals surface area contributed by atoms with E-state index in [1.54, 1.807) is 31.4 Å². The summed E-state index contributed by atoms with van der Waals surface area (Å²) in [4.78, 5) is 14.6. The molecule has 0 radical (unpaired) electrons. The van der Waals surface area contributed by atoms with Crippen LogP contribution in [0.2, 0.25) is 0 Å². The SMILES string of the molecule is COc1ccc(-c2cc(C=O)c(F)cn2)cc1. The zero-order chi connectivity index (χ0) is 12.3. The van der Waals surface area contributed by atoms with E-state index < -0.39 is 5.82 Å². The van der Waals surface area contributed by atoms with Crippen LogP contribution in [0.1, 0.15) is 10.4 Å². The summed E-state index contributed by atoms with van der Waals surface area (Å²) in [5.74, 6) is 0.115. The fourth-order valence-corrected chi connectivity index (χ4v) is 1.46. The smallest absolute Gasteiger partial charge is 0.153 e.